The highest BCUT2D eigenvalue weighted by molar-refractivity contribution is 5.36. The topological polar surface area (TPSA) is 47.0 Å². The summed E-state index contributed by atoms with van der Waals surface area (Å²) in [6.07, 6.45) is -0.261. The van der Waals surface area contributed by atoms with Crippen molar-refractivity contribution in [2.75, 3.05) is 18.5 Å². The Morgan fingerprint density at radius 1 is 1.47 bits per heavy atom. The fourth-order valence-corrected chi connectivity index (χ4v) is 0.917. The molecule has 15 heavy (non-hydrogen) atoms. The Kier molecular flexibility index (Phi) is 4.73. The summed E-state index contributed by atoms with van der Waals surface area (Å²) in [5.74, 6) is 0.736. The van der Waals surface area contributed by atoms with E-state index in [0.29, 0.717) is 5.82 Å². The Bertz CT molecular complexity index is 296. The molecule has 0 aliphatic heterocycles. The zero-order valence-electron chi connectivity index (χ0n) is 8.41. The van der Waals surface area contributed by atoms with E-state index in [-0.39, 0.29) is 5.88 Å². The first-order valence-corrected chi connectivity index (χ1v) is 4.69. The van der Waals surface area contributed by atoms with Crippen molar-refractivity contribution in [3.63, 3.8) is 0 Å². The molecule has 0 unspecified atom stereocenters. The van der Waals surface area contributed by atoms with Gasteiger partial charge in [-0.15, -0.1) is 0 Å². The van der Waals surface area contributed by atoms with E-state index in [1.54, 1.807) is 0 Å². The first-order valence-electron chi connectivity index (χ1n) is 4.69. The average Bonchev–Trinajstić information content (AvgIpc) is 2.24. The molecule has 0 aromatic carbocycles. The van der Waals surface area contributed by atoms with Crippen LogP contribution < -0.4 is 10.1 Å². The van der Waals surface area contributed by atoms with E-state index in [9.17, 15) is 8.78 Å². The van der Waals surface area contributed by atoms with Crippen LogP contribution in [0.3, 0.4) is 0 Å². The van der Waals surface area contributed by atoms with E-state index < -0.39 is 13.0 Å². The molecule has 0 amide bonds. The predicted octanol–water partition coefficient (Wildman–Crippen LogP) is 1.94. The van der Waals surface area contributed by atoms with Crippen molar-refractivity contribution in [1.82, 2.24) is 9.97 Å². The van der Waals surface area contributed by atoms with E-state index >= 15 is 0 Å². The predicted molar refractivity (Wildman–Crippen MR) is 52.3 cm³/mol. The van der Waals surface area contributed by atoms with Crippen molar-refractivity contribution in [3.05, 3.63) is 12.4 Å². The molecule has 0 atom stereocenters. The van der Waals surface area contributed by atoms with Gasteiger partial charge in [-0.2, -0.15) is 0 Å². The molecule has 0 aliphatic carbocycles. The maximum atomic E-state index is 11.8. The summed E-state index contributed by atoms with van der Waals surface area (Å²) in [5.41, 5.74) is 0. The van der Waals surface area contributed by atoms with Crippen LogP contribution in [0.1, 0.15) is 13.3 Å². The summed E-state index contributed by atoms with van der Waals surface area (Å²) in [6, 6.07) is 1.50. The summed E-state index contributed by atoms with van der Waals surface area (Å²) in [6.45, 7) is 2.14. The summed E-state index contributed by atoms with van der Waals surface area (Å²) >= 11 is 0. The third-order valence-corrected chi connectivity index (χ3v) is 1.56. The zero-order chi connectivity index (χ0) is 11.1. The number of alkyl halides is 2. The second-order valence-corrected chi connectivity index (χ2v) is 2.87. The second kappa shape index (κ2) is 6.10. The van der Waals surface area contributed by atoms with Gasteiger partial charge in [0.05, 0.1) is 0 Å². The van der Waals surface area contributed by atoms with Crippen molar-refractivity contribution in [2.45, 2.75) is 19.8 Å². The van der Waals surface area contributed by atoms with Crippen LogP contribution in [0.5, 0.6) is 5.88 Å². The highest BCUT2D eigenvalue weighted by atomic mass is 19.3. The minimum absolute atomic E-state index is 0.156. The Labute approximate surface area is 86.7 Å². The lowest BCUT2D eigenvalue weighted by Gasteiger charge is -2.06. The minimum atomic E-state index is -2.49. The molecule has 0 bridgehead atoms. The molecule has 0 aliphatic rings. The van der Waals surface area contributed by atoms with E-state index in [1.807, 2.05) is 6.92 Å². The van der Waals surface area contributed by atoms with Gasteiger partial charge in [0.15, 0.2) is 6.61 Å². The normalized spacial score (nSPS) is 10.4. The van der Waals surface area contributed by atoms with Crippen LogP contribution in [0.15, 0.2) is 12.4 Å². The van der Waals surface area contributed by atoms with Crippen LogP contribution in [-0.4, -0.2) is 29.5 Å². The number of ether oxygens (including phenoxy) is 1. The molecular formula is C9H13F2N3O. The van der Waals surface area contributed by atoms with Crippen LogP contribution in [0.4, 0.5) is 14.6 Å². The third-order valence-electron chi connectivity index (χ3n) is 1.56. The number of aromatic nitrogens is 2. The van der Waals surface area contributed by atoms with Crippen molar-refractivity contribution in [3.8, 4) is 5.88 Å². The molecule has 0 spiro atoms. The van der Waals surface area contributed by atoms with E-state index in [1.165, 1.54) is 12.4 Å². The number of nitrogens with zero attached hydrogens (tertiary/aromatic N) is 2. The number of hydrogen-bond donors (Lipinski definition) is 1. The molecule has 0 radical (unpaired) electrons. The average molecular weight is 217 g/mol. The largest absolute Gasteiger partial charge is 0.471 e. The van der Waals surface area contributed by atoms with Crippen molar-refractivity contribution >= 4 is 5.82 Å². The SMILES string of the molecule is CCCNc1cc(OCC(F)F)ncn1. The molecular weight excluding hydrogens is 204 g/mol. The van der Waals surface area contributed by atoms with Gasteiger partial charge in [0.1, 0.15) is 12.1 Å². The van der Waals surface area contributed by atoms with Gasteiger partial charge < -0.3 is 10.1 Å². The van der Waals surface area contributed by atoms with E-state index in [2.05, 4.69) is 15.3 Å². The number of nitrogens with one attached hydrogen (secondary N) is 1. The number of anilines is 1. The van der Waals surface area contributed by atoms with Gasteiger partial charge in [0, 0.05) is 12.6 Å². The quantitative estimate of drug-likeness (QED) is 0.791. The lowest BCUT2D eigenvalue weighted by Crippen LogP contribution is -2.09. The highest BCUT2D eigenvalue weighted by Crippen LogP contribution is 2.11. The van der Waals surface area contributed by atoms with Gasteiger partial charge in [0.2, 0.25) is 5.88 Å². The standard InChI is InChI=1S/C9H13F2N3O/c1-2-3-12-8-4-9(14-6-13-8)15-5-7(10)11/h4,6-7H,2-3,5H2,1H3,(H,12,13,14). The van der Waals surface area contributed by atoms with Gasteiger partial charge in [0.25, 0.3) is 6.43 Å². The zero-order valence-corrected chi connectivity index (χ0v) is 8.41. The van der Waals surface area contributed by atoms with E-state index in [4.69, 9.17) is 4.74 Å². The third kappa shape index (κ3) is 4.53. The van der Waals surface area contributed by atoms with Crippen LogP contribution >= 0.6 is 0 Å². The van der Waals surface area contributed by atoms with Crippen molar-refractivity contribution < 1.29 is 13.5 Å². The summed E-state index contributed by atoms with van der Waals surface area (Å²) in [5, 5.41) is 3.00. The van der Waals surface area contributed by atoms with Crippen LogP contribution in [0.2, 0.25) is 0 Å². The van der Waals surface area contributed by atoms with Crippen molar-refractivity contribution in [1.29, 1.82) is 0 Å². The monoisotopic (exact) mass is 217 g/mol. The smallest absolute Gasteiger partial charge is 0.272 e. The Hall–Kier alpha value is -1.46. The summed E-state index contributed by atoms with van der Waals surface area (Å²) in [4.78, 5) is 7.63. The second-order valence-electron chi connectivity index (χ2n) is 2.87. The minimum Gasteiger partial charge on any atom is -0.471 e. The first kappa shape index (κ1) is 11.6. The van der Waals surface area contributed by atoms with Gasteiger partial charge >= 0.3 is 0 Å². The maximum Gasteiger partial charge on any atom is 0.272 e. The molecule has 1 heterocycles. The van der Waals surface area contributed by atoms with Crippen LogP contribution in [0.25, 0.3) is 0 Å². The lowest BCUT2D eigenvalue weighted by atomic mass is 10.4. The summed E-state index contributed by atoms with van der Waals surface area (Å²) < 4.78 is 28.4. The first-order chi connectivity index (χ1) is 7.22. The van der Waals surface area contributed by atoms with Gasteiger partial charge in [-0.1, -0.05) is 6.92 Å². The summed E-state index contributed by atoms with van der Waals surface area (Å²) in [7, 11) is 0. The Morgan fingerprint density at radius 3 is 2.93 bits per heavy atom. The molecule has 6 heteroatoms. The fourth-order valence-electron chi connectivity index (χ4n) is 0.917. The van der Waals surface area contributed by atoms with Crippen LogP contribution in [0, 0.1) is 0 Å². The molecule has 1 aromatic rings. The van der Waals surface area contributed by atoms with Gasteiger partial charge in [-0.25, -0.2) is 18.7 Å². The lowest BCUT2D eigenvalue weighted by molar-refractivity contribution is 0.0795. The number of halogens is 2. The molecule has 0 saturated carbocycles. The molecule has 4 nitrogen and oxygen atoms in total. The highest BCUT2D eigenvalue weighted by Gasteiger charge is 2.05. The number of hydrogen-bond acceptors (Lipinski definition) is 4. The number of rotatable bonds is 6. The molecule has 1 aromatic heterocycles. The molecule has 0 saturated heterocycles. The Balaban J connectivity index is 2.50. The molecule has 84 valence electrons. The van der Waals surface area contributed by atoms with Gasteiger partial charge in [-0.05, 0) is 6.42 Å². The Morgan fingerprint density at radius 2 is 2.27 bits per heavy atom. The van der Waals surface area contributed by atoms with Gasteiger partial charge in [-0.3, -0.25) is 0 Å². The van der Waals surface area contributed by atoms with Crippen LogP contribution in [-0.2, 0) is 0 Å². The molecule has 1 rings (SSSR count). The van der Waals surface area contributed by atoms with E-state index in [0.717, 1.165) is 13.0 Å². The fraction of sp³-hybridized carbons (Fsp3) is 0.556. The molecule has 0 fully saturated rings. The molecule has 1 N–H and O–H groups in total. The maximum absolute atomic E-state index is 11.8. The van der Waals surface area contributed by atoms with Crippen molar-refractivity contribution in [2.24, 2.45) is 0 Å².